The highest BCUT2D eigenvalue weighted by molar-refractivity contribution is 8.00. The van der Waals surface area contributed by atoms with Crippen molar-refractivity contribution in [1.29, 1.82) is 0 Å². The zero-order valence-electron chi connectivity index (χ0n) is 13.8. The topological polar surface area (TPSA) is 67.9 Å². The summed E-state index contributed by atoms with van der Waals surface area (Å²) in [5.74, 6) is -0.602. The summed E-state index contributed by atoms with van der Waals surface area (Å²) in [6.45, 7) is 2.46. The lowest BCUT2D eigenvalue weighted by atomic mass is 10.0. The van der Waals surface area contributed by atoms with Crippen LogP contribution in [0, 0.1) is 5.82 Å². The van der Waals surface area contributed by atoms with Crippen molar-refractivity contribution >= 4 is 29.3 Å². The molecule has 0 radical (unpaired) electrons. The van der Waals surface area contributed by atoms with Gasteiger partial charge in [-0.2, -0.15) is 0 Å². The van der Waals surface area contributed by atoms with E-state index in [1.807, 2.05) is 0 Å². The van der Waals surface area contributed by atoms with Crippen molar-refractivity contribution in [2.24, 2.45) is 0 Å². The quantitative estimate of drug-likeness (QED) is 0.859. The lowest BCUT2D eigenvalue weighted by Gasteiger charge is -2.37. The van der Waals surface area contributed by atoms with E-state index < -0.39 is 5.79 Å². The molecule has 0 bridgehead atoms. The highest BCUT2D eigenvalue weighted by Crippen LogP contribution is 2.31. The fourth-order valence-electron chi connectivity index (χ4n) is 2.94. The van der Waals surface area contributed by atoms with Crippen LogP contribution in [0.25, 0.3) is 0 Å². The van der Waals surface area contributed by atoms with Gasteiger partial charge in [-0.1, -0.05) is 0 Å². The van der Waals surface area contributed by atoms with Crippen LogP contribution in [-0.2, 0) is 19.1 Å². The Bertz CT molecular complexity index is 610. The molecule has 1 N–H and O–H groups in total. The third kappa shape index (κ3) is 4.93. The number of piperidine rings is 1. The van der Waals surface area contributed by atoms with Crippen LogP contribution in [0.1, 0.15) is 12.8 Å². The molecule has 3 rings (SSSR count). The number of ether oxygens (including phenoxy) is 2. The van der Waals surface area contributed by atoms with Crippen molar-refractivity contribution in [2.75, 3.05) is 43.1 Å². The predicted octanol–water partition coefficient (Wildman–Crippen LogP) is 1.86. The molecule has 6 nitrogen and oxygen atoms in total. The molecular formula is C17H21FN2O4S. The standard InChI is InChI=1S/C17H21FN2O4S/c18-13-1-3-14(4-2-13)19-15(21)11-25-12-16(22)20-7-5-17(6-8-20)23-9-10-24-17/h1-4H,5-12H2,(H,19,21). The summed E-state index contributed by atoms with van der Waals surface area (Å²) in [4.78, 5) is 25.9. The van der Waals surface area contributed by atoms with Crippen LogP contribution in [0.15, 0.2) is 24.3 Å². The van der Waals surface area contributed by atoms with Gasteiger partial charge in [0.25, 0.3) is 0 Å². The van der Waals surface area contributed by atoms with E-state index in [0.29, 0.717) is 44.8 Å². The van der Waals surface area contributed by atoms with Crippen LogP contribution in [0.2, 0.25) is 0 Å². The molecule has 2 aliphatic rings. The second kappa shape index (κ2) is 8.16. The van der Waals surface area contributed by atoms with Gasteiger partial charge in [0.15, 0.2) is 5.79 Å². The van der Waals surface area contributed by atoms with E-state index in [-0.39, 0.29) is 29.1 Å². The summed E-state index contributed by atoms with van der Waals surface area (Å²) < 4.78 is 24.1. The minimum absolute atomic E-state index is 0.0208. The van der Waals surface area contributed by atoms with E-state index in [1.54, 1.807) is 4.90 Å². The van der Waals surface area contributed by atoms with Crippen molar-refractivity contribution in [3.8, 4) is 0 Å². The first-order chi connectivity index (χ1) is 12.1. The SMILES string of the molecule is O=C(CSCC(=O)N1CCC2(CC1)OCCO2)Nc1ccc(F)cc1. The van der Waals surface area contributed by atoms with Crippen LogP contribution >= 0.6 is 11.8 Å². The fourth-order valence-corrected chi connectivity index (χ4v) is 3.65. The van der Waals surface area contributed by atoms with Gasteiger partial charge >= 0.3 is 0 Å². The van der Waals surface area contributed by atoms with Crippen LogP contribution in [0.4, 0.5) is 10.1 Å². The molecule has 0 unspecified atom stereocenters. The van der Waals surface area contributed by atoms with Crippen LogP contribution < -0.4 is 5.32 Å². The summed E-state index contributed by atoms with van der Waals surface area (Å²) in [6, 6.07) is 5.57. The molecule has 0 aliphatic carbocycles. The van der Waals surface area contributed by atoms with Crippen molar-refractivity contribution in [3.63, 3.8) is 0 Å². The minimum Gasteiger partial charge on any atom is -0.347 e. The van der Waals surface area contributed by atoms with Crippen LogP contribution in [0.5, 0.6) is 0 Å². The van der Waals surface area contributed by atoms with E-state index in [1.165, 1.54) is 36.0 Å². The molecule has 2 amide bonds. The highest BCUT2D eigenvalue weighted by Gasteiger charge is 2.40. The number of carbonyl (C=O) groups excluding carboxylic acids is 2. The molecule has 0 atom stereocenters. The smallest absolute Gasteiger partial charge is 0.234 e. The van der Waals surface area contributed by atoms with Gasteiger partial charge in [0.1, 0.15) is 5.82 Å². The molecule has 1 spiro atoms. The number of halogens is 1. The first kappa shape index (κ1) is 18.2. The van der Waals surface area contributed by atoms with Gasteiger partial charge in [0, 0.05) is 31.6 Å². The van der Waals surface area contributed by atoms with Gasteiger partial charge in [0.2, 0.25) is 11.8 Å². The summed E-state index contributed by atoms with van der Waals surface area (Å²) in [5, 5.41) is 2.67. The molecule has 2 fully saturated rings. The number of benzene rings is 1. The monoisotopic (exact) mass is 368 g/mol. The molecule has 25 heavy (non-hydrogen) atoms. The largest absolute Gasteiger partial charge is 0.347 e. The number of likely N-dealkylation sites (tertiary alicyclic amines) is 1. The number of thioether (sulfide) groups is 1. The Balaban J connectivity index is 1.35. The number of rotatable bonds is 5. The number of carbonyl (C=O) groups is 2. The maximum absolute atomic E-state index is 12.8. The average Bonchev–Trinajstić information content (AvgIpc) is 3.05. The summed E-state index contributed by atoms with van der Waals surface area (Å²) >= 11 is 1.27. The molecule has 0 aromatic heterocycles. The first-order valence-corrected chi connectivity index (χ1v) is 9.41. The predicted molar refractivity (Wildman–Crippen MR) is 92.8 cm³/mol. The number of nitrogens with one attached hydrogen (secondary N) is 1. The number of amides is 2. The Morgan fingerprint density at radius 3 is 2.40 bits per heavy atom. The Kier molecular flexibility index (Phi) is 5.93. The summed E-state index contributed by atoms with van der Waals surface area (Å²) in [5.41, 5.74) is 0.538. The summed E-state index contributed by atoms with van der Waals surface area (Å²) in [7, 11) is 0. The molecule has 2 aliphatic heterocycles. The number of anilines is 1. The number of hydrogen-bond donors (Lipinski definition) is 1. The number of nitrogens with zero attached hydrogens (tertiary/aromatic N) is 1. The van der Waals surface area contributed by atoms with Crippen LogP contribution in [-0.4, -0.2) is 60.3 Å². The van der Waals surface area contributed by atoms with Gasteiger partial charge in [-0.25, -0.2) is 4.39 Å². The highest BCUT2D eigenvalue weighted by atomic mass is 32.2. The average molecular weight is 368 g/mol. The number of hydrogen-bond acceptors (Lipinski definition) is 5. The Labute approximate surface area is 150 Å². The maximum atomic E-state index is 12.8. The minimum atomic E-state index is -0.487. The molecular weight excluding hydrogens is 347 g/mol. The molecule has 2 saturated heterocycles. The third-order valence-corrected chi connectivity index (χ3v) is 5.20. The van der Waals surface area contributed by atoms with Gasteiger partial charge in [-0.3, -0.25) is 9.59 Å². The zero-order valence-corrected chi connectivity index (χ0v) is 14.6. The first-order valence-electron chi connectivity index (χ1n) is 8.25. The van der Waals surface area contributed by atoms with E-state index in [2.05, 4.69) is 5.32 Å². The molecule has 0 saturated carbocycles. The lowest BCUT2D eigenvalue weighted by molar-refractivity contribution is -0.186. The second-order valence-electron chi connectivity index (χ2n) is 6.04. The fraction of sp³-hybridized carbons (Fsp3) is 0.529. The van der Waals surface area contributed by atoms with E-state index in [0.717, 1.165) is 0 Å². The Hall–Kier alpha value is -1.64. The van der Waals surface area contributed by atoms with Gasteiger partial charge < -0.3 is 19.7 Å². The molecule has 1 aromatic carbocycles. The van der Waals surface area contributed by atoms with Gasteiger partial charge in [0.05, 0.1) is 24.7 Å². The molecule has 2 heterocycles. The van der Waals surface area contributed by atoms with Gasteiger partial charge in [-0.05, 0) is 24.3 Å². The van der Waals surface area contributed by atoms with E-state index >= 15 is 0 Å². The zero-order chi connectivity index (χ0) is 17.7. The van der Waals surface area contributed by atoms with E-state index in [4.69, 9.17) is 9.47 Å². The van der Waals surface area contributed by atoms with Crippen molar-refractivity contribution in [3.05, 3.63) is 30.1 Å². The molecule has 1 aromatic rings. The lowest BCUT2D eigenvalue weighted by Crippen LogP contribution is -2.47. The van der Waals surface area contributed by atoms with E-state index in [9.17, 15) is 14.0 Å². The second-order valence-corrected chi connectivity index (χ2v) is 7.02. The van der Waals surface area contributed by atoms with Crippen molar-refractivity contribution in [1.82, 2.24) is 4.90 Å². The summed E-state index contributed by atoms with van der Waals surface area (Å²) in [6.07, 6.45) is 1.38. The molecule has 8 heteroatoms. The van der Waals surface area contributed by atoms with Crippen LogP contribution in [0.3, 0.4) is 0 Å². The van der Waals surface area contributed by atoms with Crippen molar-refractivity contribution < 1.29 is 23.5 Å². The van der Waals surface area contributed by atoms with Gasteiger partial charge in [-0.15, -0.1) is 11.8 Å². The molecule has 136 valence electrons. The Morgan fingerprint density at radius 2 is 1.76 bits per heavy atom. The third-order valence-electron chi connectivity index (χ3n) is 4.28. The Morgan fingerprint density at radius 1 is 1.12 bits per heavy atom. The normalized spacial score (nSPS) is 19.2. The maximum Gasteiger partial charge on any atom is 0.234 e. The van der Waals surface area contributed by atoms with Crippen molar-refractivity contribution in [2.45, 2.75) is 18.6 Å².